The van der Waals surface area contributed by atoms with E-state index in [4.69, 9.17) is 16.3 Å². The Labute approximate surface area is 202 Å². The third-order valence-corrected chi connectivity index (χ3v) is 7.16. The average molecular weight is 517 g/mol. The quantitative estimate of drug-likeness (QED) is 0.355. The van der Waals surface area contributed by atoms with Gasteiger partial charge in [0, 0.05) is 18.2 Å². The zero-order valence-corrected chi connectivity index (χ0v) is 19.5. The number of halogens is 6. The predicted molar refractivity (Wildman–Crippen MR) is 118 cm³/mol. The number of nitrogens with zero attached hydrogens (tertiary/aromatic N) is 4. The first-order valence-electron chi connectivity index (χ1n) is 11.1. The maximum Gasteiger partial charge on any atom is 0.408 e. The molecular formula is C22H22ClF5N6O. The Morgan fingerprint density at radius 2 is 1.80 bits per heavy atom. The molecule has 2 aromatic heterocycles. The van der Waals surface area contributed by atoms with Crippen molar-refractivity contribution in [3.8, 4) is 16.9 Å². The number of nitrogens with one attached hydrogen (secondary N) is 2. The number of ether oxygens (including phenoxy) is 1. The third kappa shape index (κ3) is 4.26. The summed E-state index contributed by atoms with van der Waals surface area (Å²) in [5.74, 6) is -2.64. The van der Waals surface area contributed by atoms with Crippen molar-refractivity contribution in [2.45, 2.75) is 57.0 Å². The second-order valence-corrected chi connectivity index (χ2v) is 9.67. The summed E-state index contributed by atoms with van der Waals surface area (Å²) in [5, 5.41) is 8.84. The molecule has 0 saturated heterocycles. The molecule has 2 aliphatic carbocycles. The average Bonchev–Trinajstić information content (AvgIpc) is 3.17. The number of aromatic nitrogens is 4. The molecule has 1 atom stereocenters. The van der Waals surface area contributed by atoms with Crippen molar-refractivity contribution in [1.29, 1.82) is 0 Å². The highest BCUT2D eigenvalue weighted by Gasteiger charge is 2.53. The van der Waals surface area contributed by atoms with E-state index in [1.165, 1.54) is 0 Å². The summed E-state index contributed by atoms with van der Waals surface area (Å²) in [7, 11) is 1.92. The van der Waals surface area contributed by atoms with E-state index in [0.29, 0.717) is 6.04 Å². The molecule has 0 bridgehead atoms. The number of anilines is 1. The molecule has 2 N–H and O–H groups in total. The van der Waals surface area contributed by atoms with E-state index in [1.54, 1.807) is 0 Å². The highest BCUT2D eigenvalue weighted by molar-refractivity contribution is 6.33. The van der Waals surface area contributed by atoms with E-state index in [-0.39, 0.29) is 23.0 Å². The minimum absolute atomic E-state index is 0.00262. The van der Waals surface area contributed by atoms with Crippen molar-refractivity contribution in [3.63, 3.8) is 0 Å². The molecule has 0 radical (unpaired) electrons. The van der Waals surface area contributed by atoms with E-state index < -0.39 is 46.0 Å². The van der Waals surface area contributed by atoms with Crippen LogP contribution in [0.3, 0.4) is 0 Å². The van der Waals surface area contributed by atoms with E-state index in [1.807, 2.05) is 7.05 Å². The van der Waals surface area contributed by atoms with Crippen molar-refractivity contribution >= 4 is 23.2 Å². The van der Waals surface area contributed by atoms with Crippen LogP contribution in [0.15, 0.2) is 18.5 Å². The van der Waals surface area contributed by atoms with Gasteiger partial charge in [-0.05, 0) is 45.1 Å². The normalized spacial score (nSPS) is 24.8. The first kappa shape index (κ1) is 24.0. The van der Waals surface area contributed by atoms with E-state index in [2.05, 4.69) is 25.7 Å². The number of benzene rings is 1. The van der Waals surface area contributed by atoms with Gasteiger partial charge in [-0.1, -0.05) is 11.6 Å². The first-order chi connectivity index (χ1) is 16.5. The molecule has 0 amide bonds. The van der Waals surface area contributed by atoms with Gasteiger partial charge in [0.2, 0.25) is 0 Å². The Hall–Kier alpha value is -2.73. The maximum atomic E-state index is 15.2. The molecule has 0 aliphatic heterocycles. The minimum atomic E-state index is -4.65. The van der Waals surface area contributed by atoms with Crippen molar-refractivity contribution < 1.29 is 26.7 Å². The number of fused-ring (bicyclic) bond motifs is 1. The van der Waals surface area contributed by atoms with Crippen molar-refractivity contribution in [1.82, 2.24) is 24.9 Å². The SMILES string of the molecule is CNC1CC2(C1)CC(Oc1cc(F)c(-c3c(Cl)nc4ncnn4c3N[C@@H](C)C(F)(F)F)c(F)c1)C2. The zero-order valence-electron chi connectivity index (χ0n) is 18.8. The summed E-state index contributed by atoms with van der Waals surface area (Å²) in [6.07, 6.45) is -0.0548. The van der Waals surface area contributed by atoms with Gasteiger partial charge in [-0.25, -0.2) is 8.78 Å². The molecule has 2 heterocycles. The molecule has 2 fully saturated rings. The highest BCUT2D eigenvalue weighted by atomic mass is 35.5. The van der Waals surface area contributed by atoms with Crippen LogP contribution in [0, 0.1) is 17.0 Å². The van der Waals surface area contributed by atoms with Gasteiger partial charge in [0.1, 0.15) is 40.7 Å². The third-order valence-electron chi connectivity index (χ3n) is 6.88. The molecule has 35 heavy (non-hydrogen) atoms. The number of hydrogen-bond acceptors (Lipinski definition) is 6. The Bertz CT molecular complexity index is 1240. The largest absolute Gasteiger partial charge is 0.490 e. The Morgan fingerprint density at radius 1 is 1.14 bits per heavy atom. The van der Waals surface area contributed by atoms with Gasteiger partial charge in [-0.3, -0.25) is 0 Å². The van der Waals surface area contributed by atoms with Crippen LogP contribution in [-0.4, -0.2) is 51.0 Å². The summed E-state index contributed by atoms with van der Waals surface area (Å²) in [6.45, 7) is 0.858. The van der Waals surface area contributed by atoms with Crippen LogP contribution in [0.1, 0.15) is 32.6 Å². The van der Waals surface area contributed by atoms with Crippen molar-refractivity contribution in [3.05, 3.63) is 35.2 Å². The lowest BCUT2D eigenvalue weighted by atomic mass is 9.53. The Morgan fingerprint density at radius 3 is 2.40 bits per heavy atom. The molecular weight excluding hydrogens is 495 g/mol. The number of rotatable bonds is 6. The number of alkyl halides is 3. The van der Waals surface area contributed by atoms with E-state index in [9.17, 15) is 13.2 Å². The smallest absolute Gasteiger partial charge is 0.408 e. The summed E-state index contributed by atoms with van der Waals surface area (Å²) in [6, 6.07) is 0.410. The molecule has 2 saturated carbocycles. The number of hydrogen-bond donors (Lipinski definition) is 2. The van der Waals surface area contributed by atoms with Gasteiger partial charge in [0.05, 0.1) is 17.2 Å². The monoisotopic (exact) mass is 516 g/mol. The van der Waals surface area contributed by atoms with Crippen LogP contribution in [0.2, 0.25) is 5.15 Å². The fourth-order valence-electron chi connectivity index (χ4n) is 5.02. The summed E-state index contributed by atoms with van der Waals surface area (Å²) < 4.78 is 77.0. The van der Waals surface area contributed by atoms with Crippen LogP contribution in [0.4, 0.5) is 27.8 Å². The topological polar surface area (TPSA) is 76.4 Å². The van der Waals surface area contributed by atoms with Crippen LogP contribution < -0.4 is 15.4 Å². The second kappa shape index (κ2) is 8.44. The van der Waals surface area contributed by atoms with Gasteiger partial charge >= 0.3 is 6.18 Å². The lowest BCUT2D eigenvalue weighted by Crippen LogP contribution is -2.57. The van der Waals surface area contributed by atoms with Gasteiger partial charge in [-0.15, -0.1) is 0 Å². The molecule has 13 heteroatoms. The predicted octanol–water partition coefficient (Wildman–Crippen LogP) is 5.00. The van der Waals surface area contributed by atoms with Gasteiger partial charge in [0.25, 0.3) is 5.78 Å². The molecule has 188 valence electrons. The Kier molecular flexibility index (Phi) is 5.78. The molecule has 3 aromatic rings. The standard InChI is InChI=1S/C22H22ClF5N6O/c1-10(22(26,27)28)32-19-17(18(23)33-20-30-9-31-34(19)20)16-14(24)3-12(4-15(16)25)35-13-7-21(8-13)5-11(6-21)29-2/h3-4,9-11,13,29,32H,5-8H2,1-2H3/t10-,11?,13?,21?/m0/s1. The highest BCUT2D eigenvalue weighted by Crippen LogP contribution is 2.56. The molecule has 1 spiro atoms. The molecule has 2 aliphatic rings. The van der Waals surface area contributed by atoms with Crippen molar-refractivity contribution in [2.24, 2.45) is 5.41 Å². The van der Waals surface area contributed by atoms with Gasteiger partial charge in [-0.2, -0.15) is 32.8 Å². The lowest BCUT2D eigenvalue weighted by molar-refractivity contribution is -0.138. The molecule has 1 aromatic carbocycles. The van der Waals surface area contributed by atoms with Gasteiger partial charge < -0.3 is 15.4 Å². The van der Waals surface area contributed by atoms with E-state index in [0.717, 1.165) is 55.6 Å². The Balaban J connectivity index is 1.46. The minimum Gasteiger partial charge on any atom is -0.490 e. The van der Waals surface area contributed by atoms with Crippen LogP contribution >= 0.6 is 11.6 Å². The maximum absolute atomic E-state index is 15.2. The van der Waals surface area contributed by atoms with Crippen molar-refractivity contribution in [2.75, 3.05) is 12.4 Å². The van der Waals surface area contributed by atoms with Crippen LogP contribution in [-0.2, 0) is 0 Å². The van der Waals surface area contributed by atoms with Crippen LogP contribution in [0.25, 0.3) is 16.9 Å². The molecule has 7 nitrogen and oxygen atoms in total. The van der Waals surface area contributed by atoms with Crippen LogP contribution in [0.5, 0.6) is 5.75 Å². The molecule has 0 unspecified atom stereocenters. The molecule has 5 rings (SSSR count). The summed E-state index contributed by atoms with van der Waals surface area (Å²) in [4.78, 5) is 7.74. The summed E-state index contributed by atoms with van der Waals surface area (Å²) in [5.41, 5.74) is -0.820. The first-order valence-corrected chi connectivity index (χ1v) is 11.4. The second-order valence-electron chi connectivity index (χ2n) is 9.31. The van der Waals surface area contributed by atoms with E-state index >= 15 is 8.78 Å². The fraction of sp³-hybridized carbons (Fsp3) is 0.500. The summed E-state index contributed by atoms with van der Waals surface area (Å²) >= 11 is 6.19. The lowest BCUT2D eigenvalue weighted by Gasteiger charge is -2.57. The zero-order chi connectivity index (χ0) is 25.1. The van der Waals surface area contributed by atoms with Gasteiger partial charge in [0.15, 0.2) is 0 Å². The fourth-order valence-corrected chi connectivity index (χ4v) is 5.28.